The van der Waals surface area contributed by atoms with E-state index in [9.17, 15) is 4.79 Å². The molecule has 0 bridgehead atoms. The smallest absolute Gasteiger partial charge is 0.256 e. The molecule has 0 aliphatic rings. The fraction of sp³-hybridized carbons (Fsp3) is 0.0556. The van der Waals surface area contributed by atoms with Crippen molar-refractivity contribution < 1.29 is 4.79 Å². The molecule has 0 saturated heterocycles. The highest BCUT2D eigenvalue weighted by Crippen LogP contribution is 2.26. The molecule has 0 heterocycles. The van der Waals surface area contributed by atoms with Crippen LogP contribution in [0.2, 0.25) is 5.02 Å². The van der Waals surface area contributed by atoms with Crippen molar-refractivity contribution in [3.8, 4) is 0 Å². The van der Waals surface area contributed by atoms with E-state index in [1.165, 1.54) is 0 Å². The Kier molecular flexibility index (Phi) is 3.63. The van der Waals surface area contributed by atoms with Crippen molar-refractivity contribution in [1.29, 1.82) is 0 Å². The molecule has 1 amide bonds. The molecule has 1 N–H and O–H groups in total. The summed E-state index contributed by atoms with van der Waals surface area (Å²) in [5.41, 5.74) is 2.52. The summed E-state index contributed by atoms with van der Waals surface area (Å²) in [5.74, 6) is -0.131. The number of amides is 1. The molecule has 0 atom stereocenters. The van der Waals surface area contributed by atoms with Crippen molar-refractivity contribution >= 4 is 34.0 Å². The molecule has 0 unspecified atom stereocenters. The molecule has 3 aromatic carbocycles. The highest BCUT2D eigenvalue weighted by molar-refractivity contribution is 6.36. The summed E-state index contributed by atoms with van der Waals surface area (Å²) in [6.07, 6.45) is 0. The second-order valence-corrected chi connectivity index (χ2v) is 5.37. The number of aryl methyl sites for hydroxylation is 1. The molecule has 104 valence electrons. The molecule has 0 aliphatic carbocycles. The van der Waals surface area contributed by atoms with E-state index in [1.54, 1.807) is 0 Å². The summed E-state index contributed by atoms with van der Waals surface area (Å²) in [6, 6.07) is 18.9. The van der Waals surface area contributed by atoms with Crippen molar-refractivity contribution in [2.45, 2.75) is 6.92 Å². The van der Waals surface area contributed by atoms with Crippen molar-refractivity contribution in [3.05, 3.63) is 76.8 Å². The Morgan fingerprint density at radius 3 is 2.48 bits per heavy atom. The van der Waals surface area contributed by atoms with Gasteiger partial charge in [-0.2, -0.15) is 0 Å². The van der Waals surface area contributed by atoms with Crippen LogP contribution in [0.3, 0.4) is 0 Å². The zero-order chi connectivity index (χ0) is 14.8. The van der Waals surface area contributed by atoms with Crippen LogP contribution in [0.4, 0.5) is 5.69 Å². The Balaban J connectivity index is 2.00. The summed E-state index contributed by atoms with van der Waals surface area (Å²) in [6.45, 7) is 1.99. The number of fused-ring (bicyclic) bond motifs is 1. The molecule has 3 rings (SSSR count). The van der Waals surface area contributed by atoms with Gasteiger partial charge in [0.2, 0.25) is 0 Å². The molecular weight excluding hydrogens is 282 g/mol. The molecule has 0 aliphatic heterocycles. The minimum Gasteiger partial charge on any atom is -0.322 e. The van der Waals surface area contributed by atoms with Crippen molar-refractivity contribution in [2.75, 3.05) is 5.32 Å². The SMILES string of the molecule is Cc1cccc(NC(=O)c2cccc3c(Cl)cccc23)c1. The number of carbonyl (C=O) groups is 1. The monoisotopic (exact) mass is 295 g/mol. The molecule has 2 nitrogen and oxygen atoms in total. The molecule has 0 radical (unpaired) electrons. The molecule has 3 aromatic rings. The largest absolute Gasteiger partial charge is 0.322 e. The Hall–Kier alpha value is -2.32. The van der Waals surface area contributed by atoms with E-state index < -0.39 is 0 Å². The number of hydrogen-bond acceptors (Lipinski definition) is 1. The second kappa shape index (κ2) is 5.58. The molecule has 0 fully saturated rings. The summed E-state index contributed by atoms with van der Waals surface area (Å²) in [5, 5.41) is 5.32. The topological polar surface area (TPSA) is 29.1 Å². The van der Waals surface area contributed by atoms with E-state index in [0.29, 0.717) is 10.6 Å². The van der Waals surface area contributed by atoms with Gasteiger partial charge in [-0.05, 0) is 42.1 Å². The molecular formula is C18H14ClNO. The molecule has 3 heteroatoms. The number of benzene rings is 3. The van der Waals surface area contributed by atoms with Gasteiger partial charge in [-0.3, -0.25) is 4.79 Å². The van der Waals surface area contributed by atoms with Crippen molar-refractivity contribution in [1.82, 2.24) is 0 Å². The zero-order valence-corrected chi connectivity index (χ0v) is 12.3. The summed E-state index contributed by atoms with van der Waals surface area (Å²) in [7, 11) is 0. The minimum atomic E-state index is -0.131. The lowest BCUT2D eigenvalue weighted by Gasteiger charge is -2.09. The number of carbonyl (C=O) groups excluding carboxylic acids is 1. The van der Waals surface area contributed by atoms with Gasteiger partial charge in [-0.25, -0.2) is 0 Å². The Morgan fingerprint density at radius 2 is 1.67 bits per heavy atom. The Labute approximate surface area is 128 Å². The van der Waals surface area contributed by atoms with Gasteiger partial charge in [-0.1, -0.05) is 48.0 Å². The van der Waals surface area contributed by atoms with E-state index >= 15 is 0 Å². The standard InChI is InChI=1S/C18H14ClNO/c1-12-5-2-6-13(11-12)20-18(21)16-9-3-8-15-14(16)7-4-10-17(15)19/h2-11H,1H3,(H,20,21). The van der Waals surface area contributed by atoms with Crippen molar-refractivity contribution in [2.24, 2.45) is 0 Å². The van der Waals surface area contributed by atoms with Crippen LogP contribution in [0.25, 0.3) is 10.8 Å². The third-order valence-corrected chi connectivity index (χ3v) is 3.72. The molecule has 21 heavy (non-hydrogen) atoms. The van der Waals surface area contributed by atoms with Crippen LogP contribution in [0.1, 0.15) is 15.9 Å². The highest BCUT2D eigenvalue weighted by Gasteiger charge is 2.11. The summed E-state index contributed by atoms with van der Waals surface area (Å²) >= 11 is 6.18. The van der Waals surface area contributed by atoms with E-state index in [1.807, 2.05) is 67.6 Å². The lowest BCUT2D eigenvalue weighted by Crippen LogP contribution is -2.12. The van der Waals surface area contributed by atoms with Gasteiger partial charge < -0.3 is 5.32 Å². The summed E-state index contributed by atoms with van der Waals surface area (Å²) in [4.78, 5) is 12.5. The van der Waals surface area contributed by atoms with Crippen LogP contribution in [0, 0.1) is 6.92 Å². The molecule has 0 aromatic heterocycles. The van der Waals surface area contributed by atoms with Gasteiger partial charge in [0.15, 0.2) is 0 Å². The maximum Gasteiger partial charge on any atom is 0.256 e. The second-order valence-electron chi connectivity index (χ2n) is 4.96. The van der Waals surface area contributed by atoms with Crippen molar-refractivity contribution in [3.63, 3.8) is 0 Å². The third kappa shape index (κ3) is 2.76. The van der Waals surface area contributed by atoms with Crippen LogP contribution in [0.5, 0.6) is 0 Å². The maximum atomic E-state index is 12.5. The Morgan fingerprint density at radius 1 is 0.952 bits per heavy atom. The predicted molar refractivity (Wildman–Crippen MR) is 88.1 cm³/mol. The minimum absolute atomic E-state index is 0.131. The average molecular weight is 296 g/mol. The number of halogens is 1. The van der Waals surface area contributed by atoms with Gasteiger partial charge in [0.1, 0.15) is 0 Å². The van der Waals surface area contributed by atoms with Crippen LogP contribution >= 0.6 is 11.6 Å². The van der Waals surface area contributed by atoms with Gasteiger partial charge in [0.05, 0.1) is 0 Å². The lowest BCUT2D eigenvalue weighted by atomic mass is 10.0. The first kappa shape index (κ1) is 13.7. The van der Waals surface area contributed by atoms with Crippen LogP contribution in [-0.2, 0) is 0 Å². The van der Waals surface area contributed by atoms with Gasteiger partial charge >= 0.3 is 0 Å². The van der Waals surface area contributed by atoms with Crippen LogP contribution in [-0.4, -0.2) is 5.91 Å². The molecule has 0 spiro atoms. The number of rotatable bonds is 2. The van der Waals surface area contributed by atoms with Gasteiger partial charge in [0.25, 0.3) is 5.91 Å². The van der Waals surface area contributed by atoms with Crippen LogP contribution in [0.15, 0.2) is 60.7 Å². The lowest BCUT2D eigenvalue weighted by molar-refractivity contribution is 0.102. The Bertz CT molecular complexity index is 826. The van der Waals surface area contributed by atoms with Crippen LogP contribution < -0.4 is 5.32 Å². The highest BCUT2D eigenvalue weighted by atomic mass is 35.5. The van der Waals surface area contributed by atoms with Gasteiger partial charge in [-0.15, -0.1) is 0 Å². The van der Waals surface area contributed by atoms with E-state index in [4.69, 9.17) is 11.6 Å². The van der Waals surface area contributed by atoms with E-state index in [2.05, 4.69) is 5.32 Å². The third-order valence-electron chi connectivity index (χ3n) is 3.39. The maximum absolute atomic E-state index is 12.5. The zero-order valence-electron chi connectivity index (χ0n) is 11.6. The summed E-state index contributed by atoms with van der Waals surface area (Å²) < 4.78 is 0. The normalized spacial score (nSPS) is 10.6. The predicted octanol–water partition coefficient (Wildman–Crippen LogP) is 5.05. The fourth-order valence-corrected chi connectivity index (χ4v) is 2.63. The van der Waals surface area contributed by atoms with Gasteiger partial charge in [0, 0.05) is 21.7 Å². The van der Waals surface area contributed by atoms with E-state index in [-0.39, 0.29) is 5.91 Å². The number of nitrogens with one attached hydrogen (secondary N) is 1. The number of hydrogen-bond donors (Lipinski definition) is 1. The quantitative estimate of drug-likeness (QED) is 0.704. The molecule has 0 saturated carbocycles. The average Bonchev–Trinajstić information content (AvgIpc) is 2.47. The number of anilines is 1. The first-order chi connectivity index (χ1) is 10.1. The fourth-order valence-electron chi connectivity index (χ4n) is 2.39. The van der Waals surface area contributed by atoms with E-state index in [0.717, 1.165) is 22.0 Å². The first-order valence-electron chi connectivity index (χ1n) is 6.70. The first-order valence-corrected chi connectivity index (χ1v) is 7.08.